The van der Waals surface area contributed by atoms with Crippen LogP contribution in [0.1, 0.15) is 0 Å². The standard InChI is InChI=1S/C27H30FN7O2/c1-32(2)26(36)18-37-25-7-5-4-6-21(25)23-11-9-20-17-29-27(31-35(20)23)30-19-8-10-24(22(28)16-19)34-14-12-33(3)13-15-34/h4-11,16-17H,12-15,18H2,1-3H3,(H,30,31). The van der Waals surface area contributed by atoms with Crippen molar-refractivity contribution in [2.75, 3.05) is 64.1 Å². The molecule has 0 unspecified atom stereocenters. The van der Waals surface area contributed by atoms with Crippen molar-refractivity contribution in [3.8, 4) is 17.0 Å². The smallest absolute Gasteiger partial charge is 0.259 e. The Hall–Kier alpha value is -4.18. The van der Waals surface area contributed by atoms with Gasteiger partial charge in [-0.3, -0.25) is 4.79 Å². The molecule has 1 N–H and O–H groups in total. The summed E-state index contributed by atoms with van der Waals surface area (Å²) in [6.45, 7) is 3.35. The monoisotopic (exact) mass is 503 g/mol. The Morgan fingerprint density at radius 1 is 1.08 bits per heavy atom. The summed E-state index contributed by atoms with van der Waals surface area (Å²) in [6.07, 6.45) is 1.70. The van der Waals surface area contributed by atoms with Crippen molar-refractivity contribution >= 4 is 28.7 Å². The lowest BCUT2D eigenvalue weighted by Gasteiger charge is -2.34. The fraction of sp³-hybridized carbons (Fsp3) is 0.296. The van der Waals surface area contributed by atoms with E-state index < -0.39 is 0 Å². The number of carbonyl (C=O) groups excluding carboxylic acids is 1. The first-order chi connectivity index (χ1) is 17.9. The van der Waals surface area contributed by atoms with Gasteiger partial charge in [0.05, 0.1) is 23.1 Å². The second-order valence-corrected chi connectivity index (χ2v) is 9.29. The number of nitrogens with zero attached hydrogens (tertiary/aromatic N) is 6. The van der Waals surface area contributed by atoms with Gasteiger partial charge in [-0.05, 0) is 49.5 Å². The number of amides is 1. The molecular weight excluding hydrogens is 473 g/mol. The third kappa shape index (κ3) is 5.34. The number of para-hydroxylation sites is 1. The number of halogens is 1. The first-order valence-corrected chi connectivity index (χ1v) is 12.2. The minimum atomic E-state index is -0.282. The van der Waals surface area contributed by atoms with Crippen LogP contribution >= 0.6 is 0 Å². The van der Waals surface area contributed by atoms with E-state index in [4.69, 9.17) is 4.74 Å². The van der Waals surface area contributed by atoms with Gasteiger partial charge in [-0.1, -0.05) is 12.1 Å². The zero-order valence-electron chi connectivity index (χ0n) is 21.2. The van der Waals surface area contributed by atoms with Gasteiger partial charge in [0.1, 0.15) is 11.6 Å². The maximum atomic E-state index is 15.0. The quantitative estimate of drug-likeness (QED) is 0.414. The minimum Gasteiger partial charge on any atom is -0.483 e. The lowest BCUT2D eigenvalue weighted by atomic mass is 10.1. The maximum Gasteiger partial charge on any atom is 0.259 e. The summed E-state index contributed by atoms with van der Waals surface area (Å²) in [4.78, 5) is 22.2. The van der Waals surface area contributed by atoms with Crippen LogP contribution in [-0.4, -0.2) is 84.2 Å². The number of aromatic nitrogens is 3. The van der Waals surface area contributed by atoms with Gasteiger partial charge in [0.2, 0.25) is 5.95 Å². The van der Waals surface area contributed by atoms with Gasteiger partial charge >= 0.3 is 0 Å². The van der Waals surface area contributed by atoms with Crippen molar-refractivity contribution in [2.45, 2.75) is 0 Å². The zero-order valence-corrected chi connectivity index (χ0v) is 21.2. The number of piperazine rings is 1. The number of hydrogen-bond donors (Lipinski definition) is 1. The van der Waals surface area contributed by atoms with E-state index in [1.807, 2.05) is 42.5 Å². The molecule has 9 nitrogen and oxygen atoms in total. The molecular formula is C27H30FN7O2. The Kier molecular flexibility index (Phi) is 6.91. The molecule has 2 aromatic heterocycles. The van der Waals surface area contributed by atoms with Crippen molar-refractivity contribution in [1.82, 2.24) is 24.4 Å². The van der Waals surface area contributed by atoms with Crippen molar-refractivity contribution in [3.05, 3.63) is 66.6 Å². The Morgan fingerprint density at radius 2 is 1.86 bits per heavy atom. The first-order valence-electron chi connectivity index (χ1n) is 12.2. The molecule has 1 fully saturated rings. The number of hydrogen-bond acceptors (Lipinski definition) is 7. The summed E-state index contributed by atoms with van der Waals surface area (Å²) < 4.78 is 22.5. The number of carbonyl (C=O) groups is 1. The van der Waals surface area contributed by atoms with Crippen molar-refractivity contribution in [1.29, 1.82) is 0 Å². The molecule has 1 aliphatic rings. The summed E-state index contributed by atoms with van der Waals surface area (Å²) >= 11 is 0. The lowest BCUT2D eigenvalue weighted by Crippen LogP contribution is -2.44. The van der Waals surface area contributed by atoms with Gasteiger partial charge in [0.15, 0.2) is 6.61 Å². The summed E-state index contributed by atoms with van der Waals surface area (Å²) in [5.74, 6) is 0.496. The number of fused-ring (bicyclic) bond motifs is 1. The maximum absolute atomic E-state index is 15.0. The van der Waals surface area contributed by atoms with E-state index in [9.17, 15) is 9.18 Å². The molecule has 4 aromatic rings. The number of nitrogens with one attached hydrogen (secondary N) is 1. The molecule has 0 radical (unpaired) electrons. The fourth-order valence-corrected chi connectivity index (χ4v) is 4.25. The predicted molar refractivity (Wildman–Crippen MR) is 142 cm³/mol. The van der Waals surface area contributed by atoms with Crippen LogP contribution in [0.2, 0.25) is 0 Å². The van der Waals surface area contributed by atoms with E-state index >= 15 is 0 Å². The highest BCUT2D eigenvalue weighted by atomic mass is 19.1. The molecule has 3 heterocycles. The average Bonchev–Trinajstić information content (AvgIpc) is 3.31. The summed E-state index contributed by atoms with van der Waals surface area (Å²) in [5.41, 5.74) is 3.53. The third-order valence-corrected chi connectivity index (χ3v) is 6.46. The Balaban J connectivity index is 1.38. The van der Waals surface area contributed by atoms with E-state index in [1.165, 1.54) is 11.0 Å². The second kappa shape index (κ2) is 10.4. The highest BCUT2D eigenvalue weighted by molar-refractivity contribution is 5.78. The Labute approximate surface area is 215 Å². The number of ether oxygens (including phenoxy) is 1. The van der Waals surface area contributed by atoms with Gasteiger partial charge in [-0.2, -0.15) is 0 Å². The van der Waals surface area contributed by atoms with E-state index in [0.717, 1.165) is 43.0 Å². The Bertz CT molecular complexity index is 1410. The highest BCUT2D eigenvalue weighted by Crippen LogP contribution is 2.31. The molecule has 10 heteroatoms. The molecule has 0 bridgehead atoms. The average molecular weight is 504 g/mol. The molecule has 1 saturated heterocycles. The number of benzene rings is 2. The molecule has 2 aromatic carbocycles. The van der Waals surface area contributed by atoms with Crippen molar-refractivity contribution < 1.29 is 13.9 Å². The van der Waals surface area contributed by atoms with Crippen LogP contribution in [0.15, 0.2) is 60.8 Å². The van der Waals surface area contributed by atoms with Crippen LogP contribution in [0.3, 0.4) is 0 Å². The van der Waals surface area contributed by atoms with Crippen LogP contribution in [0, 0.1) is 5.82 Å². The number of likely N-dealkylation sites (N-methyl/N-ethyl adjacent to an activating group) is 2. The van der Waals surface area contributed by atoms with Crippen LogP contribution in [0.4, 0.5) is 21.7 Å². The molecule has 1 aliphatic heterocycles. The van der Waals surface area contributed by atoms with Gasteiger partial charge in [-0.15, -0.1) is 5.10 Å². The SMILES string of the molecule is CN1CCN(c2ccc(Nc3ncc4ccc(-c5ccccc5OCC(=O)N(C)C)n4n3)cc2F)CC1. The summed E-state index contributed by atoms with van der Waals surface area (Å²) in [6, 6.07) is 16.4. The van der Waals surface area contributed by atoms with Gasteiger partial charge in [0, 0.05) is 51.5 Å². The van der Waals surface area contributed by atoms with Gasteiger partial charge in [0.25, 0.3) is 5.91 Å². The molecule has 0 aliphatic carbocycles. The normalized spacial score (nSPS) is 14.1. The third-order valence-electron chi connectivity index (χ3n) is 6.46. The predicted octanol–water partition coefficient (Wildman–Crippen LogP) is 3.50. The molecule has 1 amide bonds. The highest BCUT2D eigenvalue weighted by Gasteiger charge is 2.18. The first kappa shape index (κ1) is 24.5. The van der Waals surface area contributed by atoms with E-state index in [-0.39, 0.29) is 18.3 Å². The van der Waals surface area contributed by atoms with Crippen LogP contribution in [-0.2, 0) is 4.79 Å². The zero-order chi connectivity index (χ0) is 25.9. The van der Waals surface area contributed by atoms with Gasteiger partial charge < -0.3 is 24.8 Å². The van der Waals surface area contributed by atoms with E-state index in [1.54, 1.807) is 30.9 Å². The van der Waals surface area contributed by atoms with E-state index in [0.29, 0.717) is 23.1 Å². The van der Waals surface area contributed by atoms with Gasteiger partial charge in [-0.25, -0.2) is 13.9 Å². The fourth-order valence-electron chi connectivity index (χ4n) is 4.25. The summed E-state index contributed by atoms with van der Waals surface area (Å²) in [7, 11) is 5.45. The molecule has 0 atom stereocenters. The molecule has 0 saturated carbocycles. The van der Waals surface area contributed by atoms with Crippen LogP contribution in [0.5, 0.6) is 5.75 Å². The lowest BCUT2D eigenvalue weighted by molar-refractivity contribution is -0.130. The van der Waals surface area contributed by atoms with Crippen molar-refractivity contribution in [2.24, 2.45) is 0 Å². The number of rotatable bonds is 7. The topological polar surface area (TPSA) is 78.2 Å². The minimum absolute atomic E-state index is 0.0647. The molecule has 5 rings (SSSR count). The summed E-state index contributed by atoms with van der Waals surface area (Å²) in [5, 5.41) is 7.77. The molecule has 192 valence electrons. The van der Waals surface area contributed by atoms with Crippen LogP contribution in [0.25, 0.3) is 16.8 Å². The van der Waals surface area contributed by atoms with E-state index in [2.05, 4.69) is 32.2 Å². The largest absolute Gasteiger partial charge is 0.483 e. The van der Waals surface area contributed by atoms with Crippen LogP contribution < -0.4 is 15.0 Å². The number of anilines is 3. The van der Waals surface area contributed by atoms with Crippen molar-refractivity contribution in [3.63, 3.8) is 0 Å². The molecule has 37 heavy (non-hydrogen) atoms. The second-order valence-electron chi connectivity index (χ2n) is 9.29. The Morgan fingerprint density at radius 3 is 2.62 bits per heavy atom. The molecule has 0 spiro atoms.